The van der Waals surface area contributed by atoms with Crippen molar-refractivity contribution in [3.63, 3.8) is 0 Å². The topological polar surface area (TPSA) is 42.2 Å². The van der Waals surface area contributed by atoms with Gasteiger partial charge in [0.1, 0.15) is 0 Å². The van der Waals surface area contributed by atoms with Crippen LogP contribution in [0.25, 0.3) is 0 Å². The molecule has 4 nitrogen and oxygen atoms in total. The first kappa shape index (κ1) is 9.65. The van der Waals surface area contributed by atoms with Gasteiger partial charge in [-0.05, 0) is 25.9 Å². The van der Waals surface area contributed by atoms with Crippen LogP contribution in [0.5, 0.6) is 0 Å². The maximum absolute atomic E-state index is 5.47. The Morgan fingerprint density at radius 3 is 2.50 bits per heavy atom. The van der Waals surface area contributed by atoms with Crippen molar-refractivity contribution in [2.75, 3.05) is 13.1 Å². The molecule has 1 fully saturated rings. The van der Waals surface area contributed by atoms with E-state index in [4.69, 9.17) is 4.42 Å². The lowest BCUT2D eigenvalue weighted by Crippen LogP contribution is -2.29. The lowest BCUT2D eigenvalue weighted by molar-refractivity contribution is 0.200. The van der Waals surface area contributed by atoms with Gasteiger partial charge in [-0.15, -0.1) is 10.2 Å². The molecule has 0 bridgehead atoms. The number of aromatic nitrogens is 2. The average Bonchev–Trinajstić information content (AvgIpc) is 2.67. The smallest absolute Gasteiger partial charge is 0.230 e. The summed E-state index contributed by atoms with van der Waals surface area (Å²) in [6.07, 6.45) is 4.79. The van der Waals surface area contributed by atoms with Gasteiger partial charge in [-0.25, -0.2) is 0 Å². The first-order valence-corrected chi connectivity index (χ1v) is 5.42. The number of hydrogen-bond acceptors (Lipinski definition) is 4. The Bertz CT molecular complexity index is 279. The number of rotatable bonds is 3. The summed E-state index contributed by atoms with van der Waals surface area (Å²) >= 11 is 0. The zero-order valence-electron chi connectivity index (χ0n) is 8.70. The van der Waals surface area contributed by atoms with E-state index in [1.54, 1.807) is 0 Å². The van der Waals surface area contributed by atoms with Crippen LogP contribution >= 0.6 is 0 Å². The Morgan fingerprint density at radius 1 is 1.14 bits per heavy atom. The summed E-state index contributed by atoms with van der Waals surface area (Å²) in [5.41, 5.74) is 0. The first-order chi connectivity index (χ1) is 6.88. The van der Waals surface area contributed by atoms with Crippen LogP contribution < -0.4 is 0 Å². The van der Waals surface area contributed by atoms with Crippen molar-refractivity contribution in [3.05, 3.63) is 11.8 Å². The van der Waals surface area contributed by atoms with Crippen molar-refractivity contribution in [1.29, 1.82) is 0 Å². The largest absolute Gasteiger partial charge is 0.424 e. The van der Waals surface area contributed by atoms with Crippen molar-refractivity contribution < 1.29 is 4.42 Å². The highest BCUT2D eigenvalue weighted by Gasteiger charge is 2.13. The van der Waals surface area contributed by atoms with Crippen LogP contribution in [0.1, 0.15) is 38.0 Å². The number of aryl methyl sites for hydroxylation is 1. The van der Waals surface area contributed by atoms with Gasteiger partial charge in [0.15, 0.2) is 0 Å². The van der Waals surface area contributed by atoms with Gasteiger partial charge in [0.2, 0.25) is 11.8 Å². The maximum Gasteiger partial charge on any atom is 0.230 e. The van der Waals surface area contributed by atoms with E-state index in [0.29, 0.717) is 0 Å². The fourth-order valence-corrected chi connectivity index (χ4v) is 1.80. The molecule has 1 aromatic heterocycles. The molecular formula is C10H17N3O. The molecule has 0 amide bonds. The molecule has 78 valence electrons. The average molecular weight is 195 g/mol. The zero-order valence-corrected chi connectivity index (χ0v) is 8.70. The Labute approximate surface area is 84.3 Å². The third kappa shape index (κ3) is 2.32. The lowest BCUT2D eigenvalue weighted by Gasteiger charge is -2.24. The summed E-state index contributed by atoms with van der Waals surface area (Å²) in [7, 11) is 0. The van der Waals surface area contributed by atoms with Gasteiger partial charge in [0.05, 0.1) is 6.54 Å². The van der Waals surface area contributed by atoms with E-state index in [-0.39, 0.29) is 0 Å². The van der Waals surface area contributed by atoms with Crippen LogP contribution in [0, 0.1) is 0 Å². The molecule has 0 saturated carbocycles. The zero-order chi connectivity index (χ0) is 9.80. The number of nitrogens with zero attached hydrogens (tertiary/aromatic N) is 3. The fourth-order valence-electron chi connectivity index (χ4n) is 1.80. The molecule has 1 saturated heterocycles. The van der Waals surface area contributed by atoms with E-state index < -0.39 is 0 Å². The Morgan fingerprint density at radius 2 is 1.86 bits per heavy atom. The van der Waals surface area contributed by atoms with Gasteiger partial charge in [-0.2, -0.15) is 0 Å². The second-order valence-electron chi connectivity index (χ2n) is 3.78. The maximum atomic E-state index is 5.47. The van der Waals surface area contributed by atoms with Crippen LogP contribution in [-0.2, 0) is 13.0 Å². The monoisotopic (exact) mass is 195 g/mol. The van der Waals surface area contributed by atoms with E-state index in [1.165, 1.54) is 32.4 Å². The molecule has 1 aliphatic heterocycles. The summed E-state index contributed by atoms with van der Waals surface area (Å²) < 4.78 is 5.47. The normalized spacial score (nSPS) is 18.6. The van der Waals surface area contributed by atoms with Crippen molar-refractivity contribution >= 4 is 0 Å². The standard InChI is InChI=1S/C10H17N3O/c1-2-9-11-12-10(14-9)8-13-6-4-3-5-7-13/h2-8H2,1H3. The van der Waals surface area contributed by atoms with Gasteiger partial charge in [-0.3, -0.25) is 4.90 Å². The van der Waals surface area contributed by atoms with Gasteiger partial charge in [0, 0.05) is 6.42 Å². The summed E-state index contributed by atoms with van der Waals surface area (Å²) in [4.78, 5) is 2.39. The molecule has 0 aliphatic carbocycles. The van der Waals surface area contributed by atoms with Gasteiger partial charge in [0.25, 0.3) is 0 Å². The third-order valence-electron chi connectivity index (χ3n) is 2.62. The van der Waals surface area contributed by atoms with E-state index in [9.17, 15) is 0 Å². The third-order valence-corrected chi connectivity index (χ3v) is 2.62. The molecule has 0 spiro atoms. The quantitative estimate of drug-likeness (QED) is 0.735. The lowest BCUT2D eigenvalue weighted by atomic mass is 10.1. The van der Waals surface area contributed by atoms with Crippen molar-refractivity contribution in [2.45, 2.75) is 39.2 Å². The second kappa shape index (κ2) is 4.55. The molecule has 1 aliphatic rings. The molecule has 14 heavy (non-hydrogen) atoms. The molecular weight excluding hydrogens is 178 g/mol. The second-order valence-corrected chi connectivity index (χ2v) is 3.78. The van der Waals surface area contributed by atoms with Crippen molar-refractivity contribution in [3.8, 4) is 0 Å². The number of likely N-dealkylation sites (tertiary alicyclic amines) is 1. The highest BCUT2D eigenvalue weighted by Crippen LogP contribution is 2.12. The summed E-state index contributed by atoms with van der Waals surface area (Å²) in [5.74, 6) is 1.51. The van der Waals surface area contributed by atoms with Crippen molar-refractivity contribution in [1.82, 2.24) is 15.1 Å². The molecule has 2 heterocycles. The van der Waals surface area contributed by atoms with Crippen LogP contribution in [-0.4, -0.2) is 28.2 Å². The van der Waals surface area contributed by atoms with Crippen LogP contribution in [0.3, 0.4) is 0 Å². The molecule has 0 unspecified atom stereocenters. The van der Waals surface area contributed by atoms with E-state index >= 15 is 0 Å². The molecule has 1 aromatic rings. The van der Waals surface area contributed by atoms with Crippen LogP contribution in [0.4, 0.5) is 0 Å². The Balaban J connectivity index is 1.89. The minimum atomic E-state index is 0.747. The predicted molar refractivity (Wildman–Crippen MR) is 52.8 cm³/mol. The first-order valence-electron chi connectivity index (χ1n) is 5.42. The fraction of sp³-hybridized carbons (Fsp3) is 0.800. The summed E-state index contributed by atoms with van der Waals surface area (Å²) in [6, 6.07) is 0. The van der Waals surface area contributed by atoms with Gasteiger partial charge in [-0.1, -0.05) is 13.3 Å². The Hall–Kier alpha value is -0.900. The molecule has 0 radical (unpaired) electrons. The molecule has 2 rings (SSSR count). The number of hydrogen-bond donors (Lipinski definition) is 0. The summed E-state index contributed by atoms with van der Waals surface area (Å²) in [6.45, 7) is 5.19. The SMILES string of the molecule is CCc1nnc(CN2CCCCC2)o1. The van der Waals surface area contributed by atoms with E-state index in [1.807, 2.05) is 6.92 Å². The predicted octanol–water partition coefficient (Wildman–Crippen LogP) is 1.62. The van der Waals surface area contributed by atoms with E-state index in [2.05, 4.69) is 15.1 Å². The minimum absolute atomic E-state index is 0.747. The highest BCUT2D eigenvalue weighted by atomic mass is 16.4. The molecule has 0 atom stereocenters. The van der Waals surface area contributed by atoms with Gasteiger partial charge < -0.3 is 4.42 Å². The number of piperidine rings is 1. The Kier molecular flexibility index (Phi) is 3.14. The molecule has 0 N–H and O–H groups in total. The molecule has 4 heteroatoms. The van der Waals surface area contributed by atoms with Crippen LogP contribution in [0.2, 0.25) is 0 Å². The minimum Gasteiger partial charge on any atom is -0.424 e. The van der Waals surface area contributed by atoms with Gasteiger partial charge >= 0.3 is 0 Å². The van der Waals surface area contributed by atoms with Crippen LogP contribution in [0.15, 0.2) is 4.42 Å². The van der Waals surface area contributed by atoms with Crippen molar-refractivity contribution in [2.24, 2.45) is 0 Å². The van der Waals surface area contributed by atoms with E-state index in [0.717, 1.165) is 24.7 Å². The molecule has 0 aromatic carbocycles. The summed E-state index contributed by atoms with van der Waals surface area (Å²) in [5, 5.41) is 7.98. The highest BCUT2D eigenvalue weighted by molar-refractivity contribution is 4.82.